The van der Waals surface area contributed by atoms with E-state index < -0.39 is 0 Å². The summed E-state index contributed by atoms with van der Waals surface area (Å²) >= 11 is 2.03. The van der Waals surface area contributed by atoms with Crippen molar-refractivity contribution in [1.29, 1.82) is 5.41 Å². The van der Waals surface area contributed by atoms with Crippen molar-refractivity contribution in [3.05, 3.63) is 65.0 Å². The first-order valence-corrected chi connectivity index (χ1v) is 10.7. The monoisotopic (exact) mass is 380 g/mol. The highest BCUT2D eigenvalue weighted by atomic mass is 32.2. The number of nitrogens with two attached hydrogens (primary N) is 1. The molecule has 1 aliphatic rings. The van der Waals surface area contributed by atoms with Crippen LogP contribution in [0.25, 0.3) is 0 Å². The molecule has 1 atom stereocenters. The first-order chi connectivity index (χ1) is 13.1. The standard InChI is InChI=1S/C22H28N4S/c1-15-13-18(7-10-25-15)16(2)21(23)19-5-3-4-6-20(19)22(24)26-14-17-8-11-27-12-9-17/h3-7,10,13,16-17,23H,8-9,11-12,14H2,1-2H3,(H2,24,26). The molecule has 1 saturated heterocycles. The SMILES string of the molecule is Cc1cc(C(C)C(=N)c2ccccc2C(N)=NCC2CCSCC2)ccn1. The van der Waals surface area contributed by atoms with Crippen LogP contribution in [0.2, 0.25) is 0 Å². The van der Waals surface area contributed by atoms with Gasteiger partial charge in [0.1, 0.15) is 5.84 Å². The predicted octanol–water partition coefficient (Wildman–Crippen LogP) is 4.41. The van der Waals surface area contributed by atoms with E-state index in [4.69, 9.17) is 11.1 Å². The summed E-state index contributed by atoms with van der Waals surface area (Å²) in [6.45, 7) is 4.82. The van der Waals surface area contributed by atoms with Crippen molar-refractivity contribution in [2.24, 2.45) is 16.6 Å². The predicted molar refractivity (Wildman–Crippen MR) is 116 cm³/mol. The zero-order chi connectivity index (χ0) is 19.2. The molecule has 1 fully saturated rings. The molecule has 1 unspecified atom stereocenters. The molecule has 4 nitrogen and oxygen atoms in total. The van der Waals surface area contributed by atoms with E-state index in [0.29, 0.717) is 17.5 Å². The Hall–Kier alpha value is -2.14. The van der Waals surface area contributed by atoms with Crippen molar-refractivity contribution in [2.75, 3.05) is 18.1 Å². The molecule has 0 spiro atoms. The van der Waals surface area contributed by atoms with Gasteiger partial charge in [0.25, 0.3) is 0 Å². The summed E-state index contributed by atoms with van der Waals surface area (Å²) in [6.07, 6.45) is 4.24. The number of aryl methyl sites for hydroxylation is 1. The molecule has 27 heavy (non-hydrogen) atoms. The van der Waals surface area contributed by atoms with Crippen molar-refractivity contribution < 1.29 is 0 Å². The molecule has 0 radical (unpaired) electrons. The largest absolute Gasteiger partial charge is 0.383 e. The fourth-order valence-corrected chi connectivity index (χ4v) is 4.62. The third-order valence-corrected chi connectivity index (χ3v) is 6.26. The van der Waals surface area contributed by atoms with E-state index in [0.717, 1.165) is 28.9 Å². The van der Waals surface area contributed by atoms with Gasteiger partial charge in [-0.1, -0.05) is 31.2 Å². The Morgan fingerprint density at radius 3 is 2.67 bits per heavy atom. The maximum Gasteiger partial charge on any atom is 0.126 e. The maximum atomic E-state index is 8.77. The number of nitrogens with zero attached hydrogens (tertiary/aromatic N) is 2. The normalized spacial score (nSPS) is 16.9. The molecule has 1 aromatic carbocycles. The number of aromatic nitrogens is 1. The van der Waals surface area contributed by atoms with Crippen molar-refractivity contribution >= 4 is 23.3 Å². The van der Waals surface area contributed by atoms with E-state index in [-0.39, 0.29) is 5.92 Å². The van der Waals surface area contributed by atoms with Gasteiger partial charge in [0.2, 0.25) is 0 Å². The molecule has 5 heteroatoms. The van der Waals surface area contributed by atoms with Crippen LogP contribution in [0.5, 0.6) is 0 Å². The lowest BCUT2D eigenvalue weighted by Gasteiger charge is -2.20. The molecule has 2 heterocycles. The average molecular weight is 381 g/mol. The van der Waals surface area contributed by atoms with Crippen molar-refractivity contribution in [3.8, 4) is 0 Å². The smallest absolute Gasteiger partial charge is 0.126 e. The van der Waals surface area contributed by atoms with Crippen molar-refractivity contribution in [2.45, 2.75) is 32.6 Å². The van der Waals surface area contributed by atoms with Gasteiger partial charge in [0, 0.05) is 41.2 Å². The molecule has 0 bridgehead atoms. The number of thioether (sulfide) groups is 1. The highest BCUT2D eigenvalue weighted by molar-refractivity contribution is 7.99. The summed E-state index contributed by atoms with van der Waals surface area (Å²) in [5.41, 5.74) is 10.7. The third-order valence-electron chi connectivity index (χ3n) is 5.21. The summed E-state index contributed by atoms with van der Waals surface area (Å²) in [7, 11) is 0. The van der Waals surface area contributed by atoms with E-state index in [2.05, 4.69) is 16.9 Å². The Balaban J connectivity index is 1.81. The van der Waals surface area contributed by atoms with E-state index in [1.165, 1.54) is 24.3 Å². The van der Waals surface area contributed by atoms with E-state index in [9.17, 15) is 0 Å². The highest BCUT2D eigenvalue weighted by Gasteiger charge is 2.19. The number of hydrogen-bond donors (Lipinski definition) is 2. The first kappa shape index (κ1) is 19.6. The molecule has 3 rings (SSSR count). The average Bonchev–Trinajstić information content (AvgIpc) is 2.71. The number of amidine groups is 1. The van der Waals surface area contributed by atoms with Gasteiger partial charge in [-0.25, -0.2) is 0 Å². The molecule has 0 saturated carbocycles. The number of nitrogens with one attached hydrogen (secondary N) is 1. The maximum absolute atomic E-state index is 8.77. The zero-order valence-corrected chi connectivity index (χ0v) is 16.9. The molecule has 2 aromatic rings. The van der Waals surface area contributed by atoms with Gasteiger partial charge in [-0.3, -0.25) is 9.98 Å². The Morgan fingerprint density at radius 2 is 1.96 bits per heavy atom. The molecule has 1 aromatic heterocycles. The fraction of sp³-hybridized carbons (Fsp3) is 0.409. The van der Waals surface area contributed by atoms with Crippen LogP contribution in [0.3, 0.4) is 0 Å². The second-order valence-corrected chi connectivity index (χ2v) is 8.42. The second kappa shape index (κ2) is 9.18. The quantitative estimate of drug-likeness (QED) is 0.576. The lowest BCUT2D eigenvalue weighted by molar-refractivity contribution is 0.503. The first-order valence-electron chi connectivity index (χ1n) is 9.54. The molecule has 0 aliphatic carbocycles. The minimum Gasteiger partial charge on any atom is -0.383 e. The van der Waals surface area contributed by atoms with Gasteiger partial charge in [0.15, 0.2) is 0 Å². The summed E-state index contributed by atoms with van der Waals surface area (Å²) in [5.74, 6) is 3.60. The van der Waals surface area contributed by atoms with Crippen LogP contribution in [0.1, 0.15) is 48.1 Å². The van der Waals surface area contributed by atoms with Crippen LogP contribution in [0.4, 0.5) is 0 Å². The summed E-state index contributed by atoms with van der Waals surface area (Å²) < 4.78 is 0. The van der Waals surface area contributed by atoms with Crippen LogP contribution in [0.15, 0.2) is 47.6 Å². The Bertz CT molecular complexity index is 825. The van der Waals surface area contributed by atoms with E-state index in [1.807, 2.05) is 55.1 Å². The molecule has 3 N–H and O–H groups in total. The van der Waals surface area contributed by atoms with Crippen LogP contribution in [-0.4, -0.2) is 34.6 Å². The van der Waals surface area contributed by atoms with Gasteiger partial charge < -0.3 is 11.1 Å². The van der Waals surface area contributed by atoms with Gasteiger partial charge in [-0.2, -0.15) is 11.8 Å². The van der Waals surface area contributed by atoms with Crippen LogP contribution in [0, 0.1) is 18.3 Å². The van der Waals surface area contributed by atoms with E-state index >= 15 is 0 Å². The summed E-state index contributed by atoms with van der Waals surface area (Å²) in [6, 6.07) is 11.9. The fourth-order valence-electron chi connectivity index (χ4n) is 3.42. The number of rotatable bonds is 6. The molecule has 1 aliphatic heterocycles. The second-order valence-electron chi connectivity index (χ2n) is 7.19. The summed E-state index contributed by atoms with van der Waals surface area (Å²) in [5, 5.41) is 8.77. The third kappa shape index (κ3) is 4.98. The van der Waals surface area contributed by atoms with E-state index in [1.54, 1.807) is 6.20 Å². The minimum atomic E-state index is -0.0315. The highest BCUT2D eigenvalue weighted by Crippen LogP contribution is 2.24. The van der Waals surface area contributed by atoms with Crippen LogP contribution >= 0.6 is 11.8 Å². The number of pyridine rings is 1. The van der Waals surface area contributed by atoms with Gasteiger partial charge in [0.05, 0.1) is 0 Å². The minimum absolute atomic E-state index is 0.0315. The number of benzene rings is 1. The Kier molecular flexibility index (Phi) is 6.67. The molecular formula is C22H28N4S. The topological polar surface area (TPSA) is 75.1 Å². The van der Waals surface area contributed by atoms with Crippen LogP contribution < -0.4 is 5.73 Å². The van der Waals surface area contributed by atoms with Crippen molar-refractivity contribution in [3.63, 3.8) is 0 Å². The lowest BCUT2D eigenvalue weighted by atomic mass is 9.89. The molecular weight excluding hydrogens is 352 g/mol. The number of aliphatic imine (C=N–C) groups is 1. The number of hydrogen-bond acceptors (Lipinski definition) is 4. The molecule has 142 valence electrons. The van der Waals surface area contributed by atoms with Crippen molar-refractivity contribution in [1.82, 2.24) is 4.98 Å². The Morgan fingerprint density at radius 1 is 1.26 bits per heavy atom. The zero-order valence-electron chi connectivity index (χ0n) is 16.1. The van der Waals surface area contributed by atoms with Gasteiger partial charge in [-0.15, -0.1) is 0 Å². The Labute approximate surface area is 166 Å². The van der Waals surface area contributed by atoms with Gasteiger partial charge >= 0.3 is 0 Å². The molecule has 0 amide bonds. The van der Waals surface area contributed by atoms with Gasteiger partial charge in [-0.05, 0) is 54.9 Å². The van der Waals surface area contributed by atoms with Crippen LogP contribution in [-0.2, 0) is 0 Å². The lowest BCUT2D eigenvalue weighted by Crippen LogP contribution is -2.22. The summed E-state index contributed by atoms with van der Waals surface area (Å²) in [4.78, 5) is 8.94.